The number of aromatic nitrogens is 4. The zero-order chi connectivity index (χ0) is 49.0. The van der Waals surface area contributed by atoms with Gasteiger partial charge in [-0.05, 0) is 93.3 Å². The summed E-state index contributed by atoms with van der Waals surface area (Å²) in [6, 6.07) is 12.4. The molecule has 0 radical (unpaired) electrons. The molecule has 0 aliphatic carbocycles. The first-order chi connectivity index (χ1) is 32.5. The number of carbonyl (C=O) groups is 3. The molecule has 3 aliphatic heterocycles. The Labute approximate surface area is 396 Å². The molecule has 68 heavy (non-hydrogen) atoms. The molecule has 0 saturated carbocycles. The topological polar surface area (TPSA) is 269 Å². The molecule has 2 aromatic heterocycles. The largest absolute Gasteiger partial charge is 0.465 e. The number of rotatable bonds is 17. The molecule has 6 N–H and O–H groups in total. The van der Waals surface area contributed by atoms with Gasteiger partial charge in [0.1, 0.15) is 17.8 Å². The van der Waals surface area contributed by atoms with Crippen LogP contribution in [0.3, 0.4) is 0 Å². The van der Waals surface area contributed by atoms with Crippen LogP contribution in [0.25, 0.3) is 0 Å². The lowest BCUT2D eigenvalue weighted by atomic mass is 9.97. The molecule has 4 aromatic rings. The summed E-state index contributed by atoms with van der Waals surface area (Å²) < 4.78 is 21.9. The van der Waals surface area contributed by atoms with Gasteiger partial charge in [-0.15, -0.1) is 0 Å². The van der Waals surface area contributed by atoms with E-state index in [1.54, 1.807) is 11.8 Å². The van der Waals surface area contributed by atoms with E-state index in [0.29, 0.717) is 50.8 Å². The van der Waals surface area contributed by atoms with E-state index < -0.39 is 28.3 Å². The highest BCUT2D eigenvalue weighted by molar-refractivity contribution is 6.03. The zero-order valence-electron chi connectivity index (χ0n) is 39.9. The predicted octanol–water partition coefficient (Wildman–Crippen LogP) is 5.85. The minimum Gasteiger partial charge on any atom is -0.465 e. The number of esters is 1. The molecule has 3 aliphatic rings. The molecule has 0 bridgehead atoms. The third-order valence-corrected chi connectivity index (χ3v) is 11.1. The van der Waals surface area contributed by atoms with E-state index in [9.17, 15) is 24.5 Å². The Morgan fingerprint density at radius 2 is 1.53 bits per heavy atom. The lowest BCUT2D eigenvalue weighted by molar-refractivity contribution is -0.383. The minimum absolute atomic E-state index is 0.0736. The van der Waals surface area contributed by atoms with Crippen molar-refractivity contribution in [2.45, 2.75) is 112 Å². The molecule has 0 fully saturated rings. The molecular weight excluding hydrogens is 877 g/mol. The number of nitrogen functional groups attached to an aromatic ring is 2. The van der Waals surface area contributed by atoms with Crippen molar-refractivity contribution in [1.82, 2.24) is 30.2 Å². The van der Waals surface area contributed by atoms with Gasteiger partial charge in [0.05, 0.1) is 31.3 Å². The van der Waals surface area contributed by atoms with E-state index in [2.05, 4.69) is 55.7 Å². The number of hydrogen-bond acceptors (Lipinski definition) is 18. The molecule has 0 saturated heterocycles. The maximum atomic E-state index is 12.7. The van der Waals surface area contributed by atoms with E-state index in [1.165, 1.54) is 16.0 Å². The van der Waals surface area contributed by atoms with E-state index in [0.717, 1.165) is 67.4 Å². The summed E-state index contributed by atoms with van der Waals surface area (Å²) in [4.78, 5) is 70.7. The fraction of sp³-hybridized carbons (Fsp3) is 0.511. The van der Waals surface area contributed by atoms with Crippen LogP contribution in [0.2, 0.25) is 0 Å². The van der Waals surface area contributed by atoms with Gasteiger partial charge in [0.2, 0.25) is 17.5 Å². The Balaban J connectivity index is 0.000000237. The van der Waals surface area contributed by atoms with Crippen LogP contribution >= 0.6 is 0 Å². The van der Waals surface area contributed by atoms with Gasteiger partial charge in [-0.3, -0.25) is 19.7 Å². The minimum atomic E-state index is -0.676. The second-order valence-corrected chi connectivity index (χ2v) is 17.7. The van der Waals surface area contributed by atoms with Crippen molar-refractivity contribution in [3.63, 3.8) is 0 Å². The van der Waals surface area contributed by atoms with Crippen molar-refractivity contribution < 1.29 is 38.3 Å². The lowest BCUT2D eigenvalue weighted by Gasteiger charge is -2.31. The Bertz CT molecular complexity index is 2450. The van der Waals surface area contributed by atoms with Crippen molar-refractivity contribution in [1.29, 1.82) is 0 Å². The van der Waals surface area contributed by atoms with Crippen LogP contribution in [-0.4, -0.2) is 99.3 Å². The van der Waals surface area contributed by atoms with Crippen LogP contribution in [0.15, 0.2) is 36.4 Å². The second-order valence-electron chi connectivity index (χ2n) is 17.7. The molecule has 0 spiro atoms. The number of anilines is 5. The fourth-order valence-electron chi connectivity index (χ4n) is 7.76. The van der Waals surface area contributed by atoms with E-state index in [-0.39, 0.29) is 61.6 Å². The van der Waals surface area contributed by atoms with Crippen LogP contribution in [0, 0.1) is 10.1 Å². The summed E-state index contributed by atoms with van der Waals surface area (Å²) in [6.07, 6.45) is 4.86. The molecule has 366 valence electrons. The Morgan fingerprint density at radius 3 is 2.21 bits per heavy atom. The third-order valence-electron chi connectivity index (χ3n) is 11.1. The van der Waals surface area contributed by atoms with Gasteiger partial charge >= 0.3 is 29.8 Å². The SMILES string of the molecule is CCCCOc1nc(N)c([N+](=O)[O-])c(N(CC(=O)OCC)Cc2ccc3c(c2)CN(C(=O)OC(C)(C)C)CC3)n1.CCCCOc1nc(N)c2c(n1)N(Cc1ccc3c(c1)CNCC3)CC(=O)N2. The van der Waals surface area contributed by atoms with Gasteiger partial charge < -0.3 is 55.7 Å². The van der Waals surface area contributed by atoms with Gasteiger partial charge in [0.25, 0.3) is 0 Å². The smallest absolute Gasteiger partial charge is 0.410 e. The van der Waals surface area contributed by atoms with E-state index in [1.807, 2.05) is 50.8 Å². The van der Waals surface area contributed by atoms with Crippen molar-refractivity contribution in [2.24, 2.45) is 0 Å². The molecule has 0 unspecified atom stereocenters. The van der Waals surface area contributed by atoms with Gasteiger partial charge in [0.15, 0.2) is 11.6 Å². The summed E-state index contributed by atoms with van der Waals surface area (Å²) in [5.41, 5.74) is 17.9. The highest BCUT2D eigenvalue weighted by atomic mass is 16.6. The van der Waals surface area contributed by atoms with E-state index in [4.69, 9.17) is 30.4 Å². The quantitative estimate of drug-likeness (QED) is 0.0418. The number of ether oxygens (including phenoxy) is 4. The van der Waals surface area contributed by atoms with Crippen molar-refractivity contribution >= 4 is 52.6 Å². The van der Waals surface area contributed by atoms with Gasteiger partial charge in [-0.25, -0.2) is 4.79 Å². The monoisotopic (exact) mass is 940 g/mol. The Hall–Kier alpha value is -7.03. The number of fused-ring (bicyclic) bond motifs is 3. The van der Waals surface area contributed by atoms with Crippen molar-refractivity contribution in [3.05, 3.63) is 79.9 Å². The van der Waals surface area contributed by atoms with Crippen LogP contribution < -0.4 is 41.4 Å². The van der Waals surface area contributed by atoms with Gasteiger partial charge in [-0.1, -0.05) is 63.1 Å². The summed E-state index contributed by atoms with van der Waals surface area (Å²) >= 11 is 0. The summed E-state index contributed by atoms with van der Waals surface area (Å²) in [6.45, 7) is 15.5. The number of amides is 2. The predicted molar refractivity (Wildman–Crippen MR) is 256 cm³/mol. The molecule has 7 rings (SSSR count). The Morgan fingerprint density at radius 1 is 0.868 bits per heavy atom. The summed E-state index contributed by atoms with van der Waals surface area (Å²) in [5, 5.41) is 18.2. The lowest BCUT2D eigenvalue weighted by Crippen LogP contribution is -2.40. The zero-order valence-corrected chi connectivity index (χ0v) is 39.9. The number of nitrogens with two attached hydrogens (primary N) is 2. The van der Waals surface area contributed by atoms with Crippen LogP contribution in [0.4, 0.5) is 39.4 Å². The van der Waals surface area contributed by atoms with Crippen molar-refractivity contribution in [3.8, 4) is 12.0 Å². The molecular formula is C47H64N12O9. The Kier molecular flexibility index (Phi) is 17.1. The number of nitrogens with one attached hydrogen (secondary N) is 2. The van der Waals surface area contributed by atoms with Gasteiger partial charge in [-0.2, -0.15) is 19.9 Å². The maximum absolute atomic E-state index is 12.7. The number of nitro groups is 1. The molecule has 0 atom stereocenters. The number of unbranched alkanes of at least 4 members (excludes halogenated alkanes) is 2. The highest BCUT2D eigenvalue weighted by Crippen LogP contribution is 2.36. The third kappa shape index (κ3) is 13.5. The molecule has 5 heterocycles. The first-order valence-electron chi connectivity index (χ1n) is 23.2. The van der Waals surface area contributed by atoms with E-state index >= 15 is 0 Å². The average molecular weight is 941 g/mol. The maximum Gasteiger partial charge on any atom is 0.410 e. The molecule has 2 aromatic carbocycles. The molecule has 21 nitrogen and oxygen atoms in total. The van der Waals surface area contributed by atoms with Crippen molar-refractivity contribution in [2.75, 3.05) is 72.6 Å². The first kappa shape index (κ1) is 50.4. The van der Waals surface area contributed by atoms with Crippen LogP contribution in [0.5, 0.6) is 12.0 Å². The normalized spacial score (nSPS) is 14.0. The average Bonchev–Trinajstić information content (AvgIpc) is 3.28. The van der Waals surface area contributed by atoms with Crippen LogP contribution in [0.1, 0.15) is 101 Å². The van der Waals surface area contributed by atoms with Gasteiger partial charge in [0, 0.05) is 32.7 Å². The summed E-state index contributed by atoms with van der Waals surface area (Å²) in [7, 11) is 0. The number of benzene rings is 2. The number of hydrogen-bond donors (Lipinski definition) is 4. The standard InChI is InChI=1S/C27H38N6O7.C20H26N6O2/c1-6-8-13-39-25-29-23(28)22(33(36)37)24(30-25)32(17-21(34)38-7-2)15-18-9-10-19-11-12-31(16-20(19)14-18)26(35)40-27(3,4)5;1-2-3-8-28-20-24-18(21)17-19(25-20)26(12-16(27)23-17)11-13-4-5-14-6-7-22-10-15(14)9-13/h9-10,14H,6-8,11-13,15-17H2,1-5H3,(H2,28,29,30);4-5,9,22H,2-3,6-8,10-12H2,1H3,(H,23,27)(H2,21,24,25). The number of carbonyl (C=O) groups excluding carboxylic acids is 3. The highest BCUT2D eigenvalue weighted by Gasteiger charge is 2.32. The first-order valence-corrected chi connectivity index (χ1v) is 23.2. The fourth-order valence-corrected chi connectivity index (χ4v) is 7.76. The molecule has 21 heteroatoms. The van der Waals surface area contributed by atoms with Crippen LogP contribution in [-0.2, 0) is 58.1 Å². The summed E-state index contributed by atoms with van der Waals surface area (Å²) in [5.74, 6) is -0.392. The number of nitrogens with zero attached hydrogens (tertiary/aromatic N) is 8. The molecule has 2 amide bonds. The second kappa shape index (κ2) is 23.1.